The summed E-state index contributed by atoms with van der Waals surface area (Å²) in [6.07, 6.45) is 4.36. The molecule has 1 saturated carbocycles. The van der Waals surface area contributed by atoms with Gasteiger partial charge in [0.05, 0.1) is 0 Å². The van der Waals surface area contributed by atoms with Crippen LogP contribution in [0.15, 0.2) is 30.3 Å². The van der Waals surface area contributed by atoms with Gasteiger partial charge >= 0.3 is 0 Å². The minimum atomic E-state index is 0.714. The third-order valence-corrected chi connectivity index (χ3v) is 4.55. The summed E-state index contributed by atoms with van der Waals surface area (Å²) in [5.74, 6) is 0.969. The van der Waals surface area contributed by atoms with Crippen molar-refractivity contribution >= 4 is 0 Å². The molecular formula is C15H21N. The fraction of sp³-hybridized carbons (Fsp3) is 0.600. The van der Waals surface area contributed by atoms with Gasteiger partial charge < -0.3 is 0 Å². The Morgan fingerprint density at radius 2 is 2.00 bits per heavy atom. The lowest BCUT2D eigenvalue weighted by molar-refractivity contribution is 0.280. The zero-order chi connectivity index (χ0) is 11.0. The highest BCUT2D eigenvalue weighted by Crippen LogP contribution is 2.54. The monoisotopic (exact) mass is 215 g/mol. The minimum Gasteiger partial charge on any atom is -0.299 e. The van der Waals surface area contributed by atoms with Crippen LogP contribution < -0.4 is 0 Å². The van der Waals surface area contributed by atoms with Crippen molar-refractivity contribution in [1.82, 2.24) is 4.90 Å². The first-order valence-corrected chi connectivity index (χ1v) is 6.53. The molecule has 86 valence electrons. The van der Waals surface area contributed by atoms with Crippen LogP contribution in [0.1, 0.15) is 31.7 Å². The third-order valence-electron chi connectivity index (χ3n) is 4.55. The molecule has 3 rings (SSSR count). The molecule has 1 nitrogen and oxygen atoms in total. The van der Waals surface area contributed by atoms with E-state index in [1.807, 2.05) is 0 Å². The third kappa shape index (κ3) is 2.01. The quantitative estimate of drug-likeness (QED) is 0.747. The Labute approximate surface area is 98.5 Å². The number of nitrogens with zero attached hydrogens (tertiary/aromatic N) is 1. The molecule has 0 spiro atoms. The van der Waals surface area contributed by atoms with Gasteiger partial charge in [-0.25, -0.2) is 0 Å². The number of rotatable bonds is 3. The largest absolute Gasteiger partial charge is 0.299 e. The van der Waals surface area contributed by atoms with Crippen LogP contribution in [0.2, 0.25) is 0 Å². The van der Waals surface area contributed by atoms with Gasteiger partial charge in [0.2, 0.25) is 0 Å². The first-order chi connectivity index (χ1) is 7.76. The van der Waals surface area contributed by atoms with E-state index in [-0.39, 0.29) is 0 Å². The van der Waals surface area contributed by atoms with E-state index in [0.29, 0.717) is 5.41 Å². The molecule has 0 aromatic heterocycles. The van der Waals surface area contributed by atoms with Gasteiger partial charge in [-0.15, -0.1) is 0 Å². The maximum absolute atomic E-state index is 2.63. The standard InChI is InChI=1S/C15H21N/c1-15(8-9-15)14-7-10-16(12-14)11-13-5-3-2-4-6-13/h2-6,14H,7-12H2,1H3. The molecule has 1 aromatic carbocycles. The fourth-order valence-corrected chi connectivity index (χ4v) is 2.99. The predicted molar refractivity (Wildman–Crippen MR) is 67.2 cm³/mol. The second-order valence-electron chi connectivity index (χ2n) is 5.86. The summed E-state index contributed by atoms with van der Waals surface area (Å²) in [7, 11) is 0. The van der Waals surface area contributed by atoms with Crippen LogP contribution in [-0.2, 0) is 6.54 Å². The predicted octanol–water partition coefficient (Wildman–Crippen LogP) is 3.31. The van der Waals surface area contributed by atoms with Gasteiger partial charge in [-0.1, -0.05) is 37.3 Å². The first-order valence-electron chi connectivity index (χ1n) is 6.53. The highest BCUT2D eigenvalue weighted by molar-refractivity contribution is 5.14. The van der Waals surface area contributed by atoms with Crippen LogP contribution in [0.25, 0.3) is 0 Å². The molecule has 1 saturated heterocycles. The molecule has 1 unspecified atom stereocenters. The molecule has 1 heteroatoms. The summed E-state index contributed by atoms with van der Waals surface area (Å²) < 4.78 is 0. The molecule has 0 bridgehead atoms. The van der Waals surface area contributed by atoms with Gasteiger partial charge in [-0.3, -0.25) is 4.90 Å². The Bertz CT molecular complexity index is 353. The molecule has 0 N–H and O–H groups in total. The highest BCUT2D eigenvalue weighted by Gasteiger charge is 2.46. The lowest BCUT2D eigenvalue weighted by Crippen LogP contribution is -2.22. The second-order valence-corrected chi connectivity index (χ2v) is 5.86. The molecule has 16 heavy (non-hydrogen) atoms. The van der Waals surface area contributed by atoms with E-state index >= 15 is 0 Å². The molecule has 0 amide bonds. The topological polar surface area (TPSA) is 3.24 Å². The average Bonchev–Trinajstić information content (AvgIpc) is 2.88. The van der Waals surface area contributed by atoms with Crippen molar-refractivity contribution in [1.29, 1.82) is 0 Å². The summed E-state index contributed by atoms with van der Waals surface area (Å²) in [4.78, 5) is 2.63. The summed E-state index contributed by atoms with van der Waals surface area (Å²) in [6, 6.07) is 10.9. The van der Waals surface area contributed by atoms with Crippen molar-refractivity contribution in [3.8, 4) is 0 Å². The Balaban J connectivity index is 1.58. The lowest BCUT2D eigenvalue weighted by atomic mass is 9.90. The van der Waals surface area contributed by atoms with Crippen LogP contribution in [0.3, 0.4) is 0 Å². The average molecular weight is 215 g/mol. The maximum atomic E-state index is 2.63. The number of benzene rings is 1. The van der Waals surface area contributed by atoms with Crippen molar-refractivity contribution in [2.45, 2.75) is 32.7 Å². The van der Waals surface area contributed by atoms with Gasteiger partial charge in [-0.05, 0) is 42.7 Å². The minimum absolute atomic E-state index is 0.714. The normalized spacial score (nSPS) is 28.2. The smallest absolute Gasteiger partial charge is 0.0233 e. The molecule has 1 aliphatic carbocycles. The Kier molecular flexibility index (Phi) is 2.51. The Morgan fingerprint density at radius 3 is 2.69 bits per heavy atom. The Morgan fingerprint density at radius 1 is 1.25 bits per heavy atom. The van der Waals surface area contributed by atoms with E-state index < -0.39 is 0 Å². The molecule has 1 aliphatic heterocycles. The summed E-state index contributed by atoms with van der Waals surface area (Å²) >= 11 is 0. The van der Waals surface area contributed by atoms with Crippen molar-refractivity contribution < 1.29 is 0 Å². The van der Waals surface area contributed by atoms with E-state index in [9.17, 15) is 0 Å². The van der Waals surface area contributed by atoms with E-state index in [1.165, 1.54) is 37.9 Å². The van der Waals surface area contributed by atoms with Crippen molar-refractivity contribution in [3.05, 3.63) is 35.9 Å². The zero-order valence-electron chi connectivity index (χ0n) is 10.2. The van der Waals surface area contributed by atoms with Crippen LogP contribution in [0.5, 0.6) is 0 Å². The van der Waals surface area contributed by atoms with Gasteiger partial charge in [0.25, 0.3) is 0 Å². The van der Waals surface area contributed by atoms with Gasteiger partial charge in [-0.2, -0.15) is 0 Å². The SMILES string of the molecule is CC1(C2CCN(Cc3ccccc3)C2)CC1. The molecular weight excluding hydrogens is 194 g/mol. The number of hydrogen-bond acceptors (Lipinski definition) is 1. The van der Waals surface area contributed by atoms with Gasteiger partial charge in [0, 0.05) is 13.1 Å². The van der Waals surface area contributed by atoms with E-state index in [0.717, 1.165) is 12.5 Å². The van der Waals surface area contributed by atoms with E-state index in [1.54, 1.807) is 0 Å². The number of hydrogen-bond donors (Lipinski definition) is 0. The van der Waals surface area contributed by atoms with Crippen molar-refractivity contribution in [3.63, 3.8) is 0 Å². The first kappa shape index (κ1) is 10.3. The molecule has 1 heterocycles. The van der Waals surface area contributed by atoms with Crippen molar-refractivity contribution in [2.24, 2.45) is 11.3 Å². The summed E-state index contributed by atoms with van der Waals surface area (Å²) in [5, 5.41) is 0. The molecule has 0 radical (unpaired) electrons. The summed E-state index contributed by atoms with van der Waals surface area (Å²) in [6.45, 7) is 6.25. The molecule has 1 aromatic rings. The molecule has 1 atom stereocenters. The Hall–Kier alpha value is -0.820. The lowest BCUT2D eigenvalue weighted by Gasteiger charge is -2.19. The molecule has 2 fully saturated rings. The van der Waals surface area contributed by atoms with E-state index in [2.05, 4.69) is 42.2 Å². The zero-order valence-corrected chi connectivity index (χ0v) is 10.2. The van der Waals surface area contributed by atoms with Crippen LogP contribution in [0.4, 0.5) is 0 Å². The van der Waals surface area contributed by atoms with Crippen molar-refractivity contribution in [2.75, 3.05) is 13.1 Å². The fourth-order valence-electron chi connectivity index (χ4n) is 2.99. The molecule has 2 aliphatic rings. The highest BCUT2D eigenvalue weighted by atomic mass is 15.1. The van der Waals surface area contributed by atoms with Gasteiger partial charge in [0.15, 0.2) is 0 Å². The van der Waals surface area contributed by atoms with Crippen LogP contribution in [-0.4, -0.2) is 18.0 Å². The maximum Gasteiger partial charge on any atom is 0.0233 e. The van der Waals surface area contributed by atoms with Crippen LogP contribution in [0, 0.1) is 11.3 Å². The number of likely N-dealkylation sites (tertiary alicyclic amines) is 1. The van der Waals surface area contributed by atoms with Crippen LogP contribution >= 0.6 is 0 Å². The second kappa shape index (κ2) is 3.89. The van der Waals surface area contributed by atoms with E-state index in [4.69, 9.17) is 0 Å². The van der Waals surface area contributed by atoms with Gasteiger partial charge in [0.1, 0.15) is 0 Å². The summed E-state index contributed by atoms with van der Waals surface area (Å²) in [5.41, 5.74) is 2.18.